The van der Waals surface area contributed by atoms with Gasteiger partial charge in [0.25, 0.3) is 0 Å². The number of carbonyl (C=O) groups excluding carboxylic acids is 1. The summed E-state index contributed by atoms with van der Waals surface area (Å²) in [6.45, 7) is 2.79. The lowest BCUT2D eigenvalue weighted by Crippen LogP contribution is -2.24. The van der Waals surface area contributed by atoms with Gasteiger partial charge in [0, 0.05) is 13.0 Å². The Morgan fingerprint density at radius 3 is 2.80 bits per heavy atom. The van der Waals surface area contributed by atoms with Gasteiger partial charge in [0.05, 0.1) is 0 Å². The number of carbonyl (C=O) groups is 1. The Labute approximate surface area is 93.1 Å². The van der Waals surface area contributed by atoms with Crippen molar-refractivity contribution in [3.8, 4) is 0 Å². The highest BCUT2D eigenvalue weighted by Crippen LogP contribution is 2.28. The zero-order valence-corrected chi connectivity index (χ0v) is 9.80. The molecular weight excluding hydrogens is 186 g/mol. The molecule has 1 saturated carbocycles. The summed E-state index contributed by atoms with van der Waals surface area (Å²) in [5.41, 5.74) is 0. The Morgan fingerprint density at radius 2 is 2.13 bits per heavy atom. The topological polar surface area (TPSA) is 29.1 Å². The van der Waals surface area contributed by atoms with E-state index in [2.05, 4.69) is 11.4 Å². The van der Waals surface area contributed by atoms with Gasteiger partial charge in [-0.3, -0.25) is 4.79 Å². The number of nitrogens with one attached hydrogen (secondary N) is 1. The van der Waals surface area contributed by atoms with Gasteiger partial charge in [-0.1, -0.05) is 37.8 Å². The van der Waals surface area contributed by atoms with Crippen LogP contribution in [-0.2, 0) is 4.79 Å². The van der Waals surface area contributed by atoms with Gasteiger partial charge >= 0.3 is 0 Å². The lowest BCUT2D eigenvalue weighted by molar-refractivity contribution is -0.121. The second-order valence-corrected chi connectivity index (χ2v) is 4.40. The molecule has 0 aliphatic heterocycles. The van der Waals surface area contributed by atoms with Crippen molar-refractivity contribution in [2.45, 2.75) is 51.9 Å². The second kappa shape index (κ2) is 7.49. The van der Waals surface area contributed by atoms with E-state index in [1.54, 1.807) is 0 Å². The van der Waals surface area contributed by atoms with Crippen LogP contribution in [0.5, 0.6) is 0 Å². The molecule has 2 nitrogen and oxygen atoms in total. The van der Waals surface area contributed by atoms with Crippen LogP contribution in [0.25, 0.3) is 0 Å². The van der Waals surface area contributed by atoms with E-state index in [0.717, 1.165) is 31.7 Å². The normalized spacial score (nSPS) is 17.4. The zero-order chi connectivity index (χ0) is 10.9. The highest BCUT2D eigenvalue weighted by Gasteiger charge is 2.15. The van der Waals surface area contributed by atoms with E-state index in [1.165, 1.54) is 25.7 Å². The molecule has 15 heavy (non-hydrogen) atoms. The van der Waals surface area contributed by atoms with Crippen molar-refractivity contribution in [2.75, 3.05) is 6.54 Å². The quantitative estimate of drug-likeness (QED) is 0.528. The van der Waals surface area contributed by atoms with Crippen molar-refractivity contribution in [3.63, 3.8) is 0 Å². The lowest BCUT2D eigenvalue weighted by atomic mass is 10.0. The van der Waals surface area contributed by atoms with Crippen LogP contribution in [0.15, 0.2) is 12.2 Å². The van der Waals surface area contributed by atoms with Gasteiger partial charge in [0.2, 0.25) is 5.91 Å². The first-order chi connectivity index (χ1) is 7.33. The summed E-state index contributed by atoms with van der Waals surface area (Å²) in [6.07, 6.45) is 12.3. The standard InChI is InChI=1S/C13H23NO/c1-2-3-6-11-14-13(15)10-9-12-7-4-5-8-12/h2-3,12H,4-11H2,1H3,(H,14,15)/b3-2+. The summed E-state index contributed by atoms with van der Waals surface area (Å²) in [5, 5.41) is 2.95. The predicted octanol–water partition coefficient (Wildman–Crippen LogP) is 3.04. The van der Waals surface area contributed by atoms with Crippen molar-refractivity contribution < 1.29 is 4.79 Å². The number of allylic oxidation sites excluding steroid dienone is 1. The molecule has 0 radical (unpaired) electrons. The third-order valence-electron chi connectivity index (χ3n) is 3.12. The molecule has 0 spiro atoms. The molecule has 2 heteroatoms. The molecule has 1 rings (SSSR count). The average molecular weight is 209 g/mol. The van der Waals surface area contributed by atoms with E-state index in [4.69, 9.17) is 0 Å². The molecule has 0 aromatic heterocycles. The monoisotopic (exact) mass is 209 g/mol. The van der Waals surface area contributed by atoms with Gasteiger partial charge in [0.15, 0.2) is 0 Å². The van der Waals surface area contributed by atoms with Gasteiger partial charge in [0.1, 0.15) is 0 Å². The Bertz CT molecular complexity index is 205. The Hall–Kier alpha value is -0.790. The average Bonchev–Trinajstić information content (AvgIpc) is 2.74. The molecule has 1 fully saturated rings. The summed E-state index contributed by atoms with van der Waals surface area (Å²) < 4.78 is 0. The first-order valence-electron chi connectivity index (χ1n) is 6.20. The summed E-state index contributed by atoms with van der Waals surface area (Å²) in [5.74, 6) is 1.05. The van der Waals surface area contributed by atoms with Crippen LogP contribution in [0, 0.1) is 5.92 Å². The Morgan fingerprint density at radius 1 is 1.40 bits per heavy atom. The maximum Gasteiger partial charge on any atom is 0.220 e. The molecule has 0 saturated heterocycles. The van der Waals surface area contributed by atoms with E-state index in [1.807, 2.05) is 13.0 Å². The number of rotatable bonds is 6. The fourth-order valence-electron chi connectivity index (χ4n) is 2.18. The van der Waals surface area contributed by atoms with Crippen LogP contribution in [-0.4, -0.2) is 12.5 Å². The largest absolute Gasteiger partial charge is 0.356 e. The molecule has 0 atom stereocenters. The van der Waals surface area contributed by atoms with Crippen LogP contribution in [0.4, 0.5) is 0 Å². The second-order valence-electron chi connectivity index (χ2n) is 4.40. The molecule has 0 heterocycles. The number of hydrogen-bond acceptors (Lipinski definition) is 1. The van der Waals surface area contributed by atoms with Crippen molar-refractivity contribution in [1.29, 1.82) is 0 Å². The highest BCUT2D eigenvalue weighted by molar-refractivity contribution is 5.75. The molecule has 0 aromatic rings. The third kappa shape index (κ3) is 5.60. The van der Waals surface area contributed by atoms with E-state index in [0.29, 0.717) is 0 Å². The van der Waals surface area contributed by atoms with Gasteiger partial charge in [-0.05, 0) is 25.7 Å². The fraction of sp³-hybridized carbons (Fsp3) is 0.769. The summed E-state index contributed by atoms with van der Waals surface area (Å²) in [6, 6.07) is 0. The van der Waals surface area contributed by atoms with E-state index >= 15 is 0 Å². The SMILES string of the molecule is C/C=C/CCNC(=O)CCC1CCCC1. The van der Waals surface area contributed by atoms with Gasteiger partial charge in [-0.25, -0.2) is 0 Å². The zero-order valence-electron chi connectivity index (χ0n) is 9.80. The Kier molecular flexibility index (Phi) is 6.14. The van der Waals surface area contributed by atoms with E-state index in [9.17, 15) is 4.79 Å². The first kappa shape index (κ1) is 12.3. The van der Waals surface area contributed by atoms with Crippen LogP contribution >= 0.6 is 0 Å². The summed E-state index contributed by atoms with van der Waals surface area (Å²) >= 11 is 0. The molecule has 1 aliphatic carbocycles. The molecule has 86 valence electrons. The smallest absolute Gasteiger partial charge is 0.220 e. The minimum atomic E-state index is 0.228. The molecule has 0 bridgehead atoms. The maximum absolute atomic E-state index is 11.4. The van der Waals surface area contributed by atoms with Crippen molar-refractivity contribution >= 4 is 5.91 Å². The fourth-order valence-corrected chi connectivity index (χ4v) is 2.18. The first-order valence-corrected chi connectivity index (χ1v) is 6.20. The van der Waals surface area contributed by atoms with Gasteiger partial charge < -0.3 is 5.32 Å². The highest BCUT2D eigenvalue weighted by atomic mass is 16.1. The van der Waals surface area contributed by atoms with E-state index < -0.39 is 0 Å². The lowest BCUT2D eigenvalue weighted by Gasteiger charge is -2.08. The van der Waals surface area contributed by atoms with Crippen molar-refractivity contribution in [1.82, 2.24) is 5.32 Å². The molecule has 1 aliphatic rings. The minimum Gasteiger partial charge on any atom is -0.356 e. The Balaban J connectivity index is 1.97. The third-order valence-corrected chi connectivity index (χ3v) is 3.12. The molecule has 0 unspecified atom stereocenters. The van der Waals surface area contributed by atoms with Crippen molar-refractivity contribution in [3.05, 3.63) is 12.2 Å². The van der Waals surface area contributed by atoms with E-state index in [-0.39, 0.29) is 5.91 Å². The molecule has 1 amide bonds. The van der Waals surface area contributed by atoms with Crippen LogP contribution in [0.2, 0.25) is 0 Å². The minimum absolute atomic E-state index is 0.228. The number of amides is 1. The molecule has 0 aromatic carbocycles. The van der Waals surface area contributed by atoms with Crippen LogP contribution in [0.1, 0.15) is 51.9 Å². The summed E-state index contributed by atoms with van der Waals surface area (Å²) in [4.78, 5) is 11.4. The van der Waals surface area contributed by atoms with Gasteiger partial charge in [-0.15, -0.1) is 0 Å². The van der Waals surface area contributed by atoms with Crippen LogP contribution in [0.3, 0.4) is 0 Å². The van der Waals surface area contributed by atoms with Gasteiger partial charge in [-0.2, -0.15) is 0 Å². The summed E-state index contributed by atoms with van der Waals surface area (Å²) in [7, 11) is 0. The molecular formula is C13H23NO. The van der Waals surface area contributed by atoms with Crippen molar-refractivity contribution in [2.24, 2.45) is 5.92 Å². The maximum atomic E-state index is 11.4. The number of hydrogen-bond donors (Lipinski definition) is 1. The molecule has 1 N–H and O–H groups in total. The van der Waals surface area contributed by atoms with Crippen LogP contribution < -0.4 is 5.32 Å². The predicted molar refractivity (Wildman–Crippen MR) is 63.6 cm³/mol.